The Balaban J connectivity index is 1.65. The van der Waals surface area contributed by atoms with Crippen LogP contribution < -0.4 is 16.0 Å². The second-order valence-electron chi connectivity index (χ2n) is 9.99. The van der Waals surface area contributed by atoms with Crippen LogP contribution >= 0.6 is 34.8 Å². The number of urea groups is 1. The van der Waals surface area contributed by atoms with Crippen molar-refractivity contribution in [3.63, 3.8) is 0 Å². The zero-order valence-electron chi connectivity index (χ0n) is 20.9. The molecule has 0 unspecified atom stereocenters. The second kappa shape index (κ2) is 11.4. The summed E-state index contributed by atoms with van der Waals surface area (Å²) in [7, 11) is 0. The summed E-state index contributed by atoms with van der Waals surface area (Å²) < 4.78 is 0. The summed E-state index contributed by atoms with van der Waals surface area (Å²) in [5, 5.41) is 20.4. The van der Waals surface area contributed by atoms with Gasteiger partial charge in [-0.3, -0.25) is 4.79 Å². The Kier molecular flexibility index (Phi) is 8.40. The van der Waals surface area contributed by atoms with Crippen LogP contribution in [-0.4, -0.2) is 28.6 Å². The summed E-state index contributed by atoms with van der Waals surface area (Å²) in [6.07, 6.45) is 3.22. The minimum atomic E-state index is -1.47. The lowest BCUT2D eigenvalue weighted by Gasteiger charge is -2.38. The number of fused-ring (bicyclic) bond motifs is 1. The average Bonchev–Trinajstić information content (AvgIpc) is 2.86. The summed E-state index contributed by atoms with van der Waals surface area (Å²) >= 11 is 18.3. The Morgan fingerprint density at radius 3 is 2.05 bits per heavy atom. The maximum atomic E-state index is 13.6. The largest absolute Gasteiger partial charge is 0.480 e. The monoisotopic (exact) mass is 575 g/mol. The number of carboxylic acids is 1. The van der Waals surface area contributed by atoms with E-state index < -0.39 is 23.4 Å². The van der Waals surface area contributed by atoms with Gasteiger partial charge in [0, 0.05) is 5.02 Å². The number of rotatable bonds is 6. The molecule has 200 valence electrons. The second-order valence-corrected chi connectivity index (χ2v) is 11.2. The first kappa shape index (κ1) is 28.0. The fourth-order valence-electron chi connectivity index (χ4n) is 4.93. The van der Waals surface area contributed by atoms with E-state index in [4.69, 9.17) is 34.8 Å². The fraction of sp³-hybridized carbons (Fsp3) is 0.321. The molecular weight excluding hydrogens is 549 g/mol. The lowest BCUT2D eigenvalue weighted by molar-refractivity contribution is -0.146. The molecular formula is C28H28Cl3N3O4. The molecule has 3 aromatic rings. The van der Waals surface area contributed by atoms with E-state index in [0.717, 1.165) is 23.6 Å². The predicted molar refractivity (Wildman–Crippen MR) is 153 cm³/mol. The van der Waals surface area contributed by atoms with Crippen molar-refractivity contribution in [2.24, 2.45) is 11.8 Å². The smallest absolute Gasteiger partial charge is 0.329 e. The molecule has 1 saturated carbocycles. The van der Waals surface area contributed by atoms with E-state index in [2.05, 4.69) is 22.9 Å². The van der Waals surface area contributed by atoms with Crippen LogP contribution in [0.3, 0.4) is 0 Å². The van der Waals surface area contributed by atoms with Crippen molar-refractivity contribution >= 4 is 74.9 Å². The number of carbonyl (C=O) groups excluding carboxylic acids is 2. The third-order valence-corrected chi connectivity index (χ3v) is 8.09. The van der Waals surface area contributed by atoms with Crippen LogP contribution in [0.1, 0.15) is 49.9 Å². The Hall–Kier alpha value is -3.00. The predicted octanol–water partition coefficient (Wildman–Crippen LogP) is 7.84. The van der Waals surface area contributed by atoms with Gasteiger partial charge in [-0.1, -0.05) is 78.8 Å². The number of anilines is 2. The molecule has 7 nitrogen and oxygen atoms in total. The van der Waals surface area contributed by atoms with E-state index in [1.54, 1.807) is 19.1 Å². The molecule has 0 heterocycles. The molecule has 0 aromatic heterocycles. The highest BCUT2D eigenvalue weighted by molar-refractivity contribution is 6.42. The zero-order valence-corrected chi connectivity index (χ0v) is 23.2. The molecule has 1 aliphatic carbocycles. The number of hydrogen-bond acceptors (Lipinski definition) is 3. The van der Waals surface area contributed by atoms with Crippen LogP contribution in [0.4, 0.5) is 16.2 Å². The number of amides is 3. The van der Waals surface area contributed by atoms with Crippen molar-refractivity contribution in [2.75, 3.05) is 10.6 Å². The third-order valence-electron chi connectivity index (χ3n) is 7.27. The first-order valence-corrected chi connectivity index (χ1v) is 13.4. The first-order valence-electron chi connectivity index (χ1n) is 12.3. The Bertz CT molecular complexity index is 1380. The standard InChI is InChI=1S/C28H28Cl3N3O4/c1-15-7-9-18(10-8-15)28(2,26(36)37)34-25(35)20-11-16-5-3-4-6-17(16)12-23(20)32-27(38)33-24-21(30)13-19(29)14-22(24)31/h3-6,11-15,18H,7-10H2,1-2H3,(H,34,35)(H,36,37)(H2,32,33,38)/t15?,18?,28-/m0/s1. The Morgan fingerprint density at radius 1 is 0.895 bits per heavy atom. The van der Waals surface area contributed by atoms with E-state index in [0.29, 0.717) is 23.8 Å². The molecule has 0 aliphatic heterocycles. The molecule has 3 aromatic carbocycles. The molecule has 0 spiro atoms. The van der Waals surface area contributed by atoms with Gasteiger partial charge >= 0.3 is 12.0 Å². The number of benzene rings is 3. The van der Waals surface area contributed by atoms with Crippen molar-refractivity contribution in [3.8, 4) is 0 Å². The van der Waals surface area contributed by atoms with E-state index in [1.165, 1.54) is 12.1 Å². The molecule has 1 atom stereocenters. The quantitative estimate of drug-likeness (QED) is 0.240. The summed E-state index contributed by atoms with van der Waals surface area (Å²) in [6.45, 7) is 3.70. The molecule has 4 rings (SSSR count). The highest BCUT2D eigenvalue weighted by Crippen LogP contribution is 2.37. The van der Waals surface area contributed by atoms with Crippen LogP contribution in [0.5, 0.6) is 0 Å². The molecule has 1 aliphatic rings. The number of nitrogens with one attached hydrogen (secondary N) is 3. The van der Waals surface area contributed by atoms with Crippen molar-refractivity contribution in [1.29, 1.82) is 0 Å². The molecule has 38 heavy (non-hydrogen) atoms. The van der Waals surface area contributed by atoms with E-state index in [-0.39, 0.29) is 32.9 Å². The van der Waals surface area contributed by atoms with E-state index in [9.17, 15) is 19.5 Å². The minimum absolute atomic E-state index is 0.129. The number of hydrogen-bond donors (Lipinski definition) is 4. The topological polar surface area (TPSA) is 108 Å². The summed E-state index contributed by atoms with van der Waals surface area (Å²) in [6, 6.07) is 12.8. The fourth-order valence-corrected chi connectivity index (χ4v) is 5.84. The van der Waals surface area contributed by atoms with Gasteiger partial charge in [0.25, 0.3) is 5.91 Å². The first-order chi connectivity index (χ1) is 18.0. The van der Waals surface area contributed by atoms with Crippen molar-refractivity contribution in [3.05, 3.63) is 69.2 Å². The van der Waals surface area contributed by atoms with Crippen molar-refractivity contribution in [1.82, 2.24) is 5.32 Å². The van der Waals surface area contributed by atoms with Crippen LogP contribution in [0.2, 0.25) is 15.1 Å². The molecule has 4 N–H and O–H groups in total. The van der Waals surface area contributed by atoms with Gasteiger partial charge in [-0.25, -0.2) is 9.59 Å². The number of carbonyl (C=O) groups is 3. The number of carboxylic acid groups (broad SMARTS) is 1. The van der Waals surface area contributed by atoms with Gasteiger partial charge in [-0.2, -0.15) is 0 Å². The van der Waals surface area contributed by atoms with Crippen LogP contribution in [0.15, 0.2) is 48.5 Å². The van der Waals surface area contributed by atoms with Crippen molar-refractivity contribution in [2.45, 2.75) is 45.1 Å². The van der Waals surface area contributed by atoms with Gasteiger partial charge in [0.2, 0.25) is 0 Å². The van der Waals surface area contributed by atoms with E-state index >= 15 is 0 Å². The highest BCUT2D eigenvalue weighted by atomic mass is 35.5. The van der Waals surface area contributed by atoms with Gasteiger partial charge < -0.3 is 21.1 Å². The van der Waals surface area contributed by atoms with E-state index in [1.807, 2.05) is 24.3 Å². The lowest BCUT2D eigenvalue weighted by Crippen LogP contribution is -2.58. The maximum Gasteiger partial charge on any atom is 0.329 e. The minimum Gasteiger partial charge on any atom is -0.480 e. The molecule has 3 amide bonds. The summed E-state index contributed by atoms with van der Waals surface area (Å²) in [5.41, 5.74) is -0.979. The lowest BCUT2D eigenvalue weighted by atomic mass is 9.72. The van der Waals surface area contributed by atoms with Crippen LogP contribution in [0.25, 0.3) is 10.8 Å². The van der Waals surface area contributed by atoms with Gasteiger partial charge in [0.05, 0.1) is 27.0 Å². The molecule has 0 bridgehead atoms. The molecule has 0 radical (unpaired) electrons. The van der Waals surface area contributed by atoms with Gasteiger partial charge in [-0.15, -0.1) is 0 Å². The number of halogens is 3. The summed E-state index contributed by atoms with van der Waals surface area (Å²) in [4.78, 5) is 39.0. The van der Waals surface area contributed by atoms with Gasteiger partial charge in [0.15, 0.2) is 0 Å². The van der Waals surface area contributed by atoms with Crippen LogP contribution in [-0.2, 0) is 4.79 Å². The molecule has 10 heteroatoms. The maximum absolute atomic E-state index is 13.6. The SMILES string of the molecule is CC1CCC([C@](C)(NC(=O)c2cc3ccccc3cc2NC(=O)Nc2c(Cl)cc(Cl)cc2Cl)C(=O)O)CC1. The third kappa shape index (κ3) is 6.01. The Morgan fingerprint density at radius 2 is 1.47 bits per heavy atom. The van der Waals surface area contributed by atoms with Gasteiger partial charge in [-0.05, 0) is 66.6 Å². The summed E-state index contributed by atoms with van der Waals surface area (Å²) in [5.74, 6) is -1.38. The molecule has 0 saturated heterocycles. The average molecular weight is 577 g/mol. The molecule has 1 fully saturated rings. The van der Waals surface area contributed by atoms with Crippen LogP contribution in [0, 0.1) is 11.8 Å². The normalized spacial score (nSPS) is 18.9. The highest BCUT2D eigenvalue weighted by Gasteiger charge is 2.44. The van der Waals surface area contributed by atoms with Crippen molar-refractivity contribution < 1.29 is 19.5 Å². The number of aliphatic carboxylic acids is 1. The van der Waals surface area contributed by atoms with Gasteiger partial charge in [0.1, 0.15) is 5.54 Å². The Labute approximate surface area is 235 Å². The zero-order chi connectivity index (χ0) is 27.6.